The first-order chi connectivity index (χ1) is 10.1. The molecule has 1 heterocycles. The minimum absolute atomic E-state index is 0.199. The summed E-state index contributed by atoms with van der Waals surface area (Å²) in [5.74, 6) is -0.154. The van der Waals surface area contributed by atoms with Crippen LogP contribution >= 0.6 is 27.5 Å². The van der Waals surface area contributed by atoms with Crippen LogP contribution in [0.2, 0.25) is 5.02 Å². The van der Waals surface area contributed by atoms with E-state index in [2.05, 4.69) is 21.0 Å². The quantitative estimate of drug-likeness (QED) is 0.682. The highest BCUT2D eigenvalue weighted by molar-refractivity contribution is 9.08. The Morgan fingerprint density at radius 2 is 2.14 bits per heavy atom. The van der Waals surface area contributed by atoms with Crippen LogP contribution in [0.1, 0.15) is 30.8 Å². The van der Waals surface area contributed by atoms with Crippen molar-refractivity contribution in [1.29, 1.82) is 0 Å². The first-order valence-corrected chi connectivity index (χ1v) is 8.31. The van der Waals surface area contributed by atoms with E-state index in [1.165, 1.54) is 6.07 Å². The van der Waals surface area contributed by atoms with E-state index in [4.69, 9.17) is 16.3 Å². The van der Waals surface area contributed by atoms with Crippen LogP contribution in [0.3, 0.4) is 0 Å². The van der Waals surface area contributed by atoms with Gasteiger partial charge in [0.05, 0.1) is 16.4 Å². The van der Waals surface area contributed by atoms with Gasteiger partial charge in [0.2, 0.25) is 0 Å². The average Bonchev–Trinajstić information content (AvgIpc) is 2.81. The van der Waals surface area contributed by atoms with Crippen molar-refractivity contribution in [1.82, 2.24) is 9.78 Å². The molecule has 0 radical (unpaired) electrons. The first-order valence-electron chi connectivity index (χ1n) is 6.81. The predicted octanol–water partition coefficient (Wildman–Crippen LogP) is 4.73. The Morgan fingerprint density at radius 3 is 2.71 bits per heavy atom. The Kier molecular flexibility index (Phi) is 5.65. The molecule has 0 amide bonds. The summed E-state index contributed by atoms with van der Waals surface area (Å²) < 4.78 is 21.3. The first kappa shape index (κ1) is 16.3. The molecular weight excluding hydrogens is 359 g/mol. The van der Waals surface area contributed by atoms with Gasteiger partial charge in [0.1, 0.15) is 6.61 Å². The van der Waals surface area contributed by atoms with E-state index in [9.17, 15) is 4.39 Å². The van der Waals surface area contributed by atoms with Crippen LogP contribution in [0.4, 0.5) is 4.39 Å². The zero-order valence-corrected chi connectivity index (χ0v) is 14.3. The summed E-state index contributed by atoms with van der Waals surface area (Å²) in [6.07, 6.45) is 0.757. The number of hydrogen-bond donors (Lipinski definition) is 0. The molecule has 0 unspecified atom stereocenters. The molecule has 0 atom stereocenters. The predicted molar refractivity (Wildman–Crippen MR) is 85.7 cm³/mol. The van der Waals surface area contributed by atoms with Crippen LogP contribution in [0.5, 0.6) is 5.75 Å². The molecule has 0 fully saturated rings. The van der Waals surface area contributed by atoms with Crippen molar-refractivity contribution < 1.29 is 9.13 Å². The lowest BCUT2D eigenvalue weighted by Crippen LogP contribution is -2.07. The van der Waals surface area contributed by atoms with E-state index in [0.29, 0.717) is 16.9 Å². The van der Waals surface area contributed by atoms with Crippen LogP contribution < -0.4 is 4.74 Å². The van der Waals surface area contributed by atoms with Gasteiger partial charge in [-0.15, -0.1) is 0 Å². The van der Waals surface area contributed by atoms with Gasteiger partial charge >= 0.3 is 0 Å². The number of aromatic nitrogens is 2. The molecule has 114 valence electrons. The monoisotopic (exact) mass is 374 g/mol. The van der Waals surface area contributed by atoms with Crippen LogP contribution in [0, 0.1) is 5.82 Å². The van der Waals surface area contributed by atoms with E-state index in [0.717, 1.165) is 23.4 Å². The summed E-state index contributed by atoms with van der Waals surface area (Å²) in [4.78, 5) is 0. The second-order valence-electron chi connectivity index (χ2n) is 4.56. The van der Waals surface area contributed by atoms with Gasteiger partial charge in [0, 0.05) is 11.9 Å². The summed E-state index contributed by atoms with van der Waals surface area (Å²) in [6.45, 7) is 4.88. The molecule has 0 N–H and O–H groups in total. The highest BCUT2D eigenvalue weighted by Crippen LogP contribution is 2.25. The second kappa shape index (κ2) is 7.27. The third kappa shape index (κ3) is 3.58. The highest BCUT2D eigenvalue weighted by atomic mass is 79.9. The molecule has 3 nitrogen and oxygen atoms in total. The standard InChI is InChI=1S/C15H17BrClFN2O/c1-3-12-15(17)13(20(4-2)19-12)9-21-14-6-5-10(8-16)7-11(14)18/h5-7H,3-4,8-9H2,1-2H3. The number of nitrogens with zero attached hydrogens (tertiary/aromatic N) is 2. The number of hydrogen-bond acceptors (Lipinski definition) is 2. The van der Waals surface area contributed by atoms with E-state index in [-0.39, 0.29) is 18.2 Å². The molecule has 0 saturated carbocycles. The fraction of sp³-hybridized carbons (Fsp3) is 0.400. The molecule has 0 spiro atoms. The fourth-order valence-electron chi connectivity index (χ4n) is 2.05. The number of benzene rings is 1. The Hall–Kier alpha value is -1.07. The van der Waals surface area contributed by atoms with Crippen molar-refractivity contribution in [2.75, 3.05) is 0 Å². The highest BCUT2D eigenvalue weighted by Gasteiger charge is 2.15. The van der Waals surface area contributed by atoms with Gasteiger partial charge in [-0.05, 0) is 31.0 Å². The van der Waals surface area contributed by atoms with Gasteiger partial charge in [-0.2, -0.15) is 5.10 Å². The van der Waals surface area contributed by atoms with Crippen molar-refractivity contribution in [2.24, 2.45) is 0 Å². The Balaban J connectivity index is 2.18. The van der Waals surface area contributed by atoms with E-state index >= 15 is 0 Å². The van der Waals surface area contributed by atoms with Crippen molar-refractivity contribution in [2.45, 2.75) is 38.8 Å². The third-order valence-electron chi connectivity index (χ3n) is 3.21. The Morgan fingerprint density at radius 1 is 1.38 bits per heavy atom. The van der Waals surface area contributed by atoms with Gasteiger partial charge in [-0.25, -0.2) is 4.39 Å². The third-order valence-corrected chi connectivity index (χ3v) is 4.29. The molecule has 0 aliphatic heterocycles. The van der Waals surface area contributed by atoms with Crippen LogP contribution in [-0.2, 0) is 24.9 Å². The number of rotatable bonds is 6. The number of halogens is 3. The summed E-state index contributed by atoms with van der Waals surface area (Å²) in [6, 6.07) is 4.91. The van der Waals surface area contributed by atoms with E-state index in [1.807, 2.05) is 19.9 Å². The van der Waals surface area contributed by atoms with Crippen molar-refractivity contribution in [3.63, 3.8) is 0 Å². The molecule has 2 aromatic rings. The van der Waals surface area contributed by atoms with Crippen LogP contribution in [0.15, 0.2) is 18.2 Å². The molecule has 0 aliphatic carbocycles. The van der Waals surface area contributed by atoms with Crippen LogP contribution in [0.25, 0.3) is 0 Å². The lowest BCUT2D eigenvalue weighted by atomic mass is 10.2. The maximum atomic E-state index is 13.9. The summed E-state index contributed by atoms with van der Waals surface area (Å²) >= 11 is 9.59. The van der Waals surface area contributed by atoms with Crippen LogP contribution in [-0.4, -0.2) is 9.78 Å². The molecular formula is C15H17BrClFN2O. The zero-order valence-electron chi connectivity index (χ0n) is 12.0. The lowest BCUT2D eigenvalue weighted by molar-refractivity contribution is 0.278. The minimum atomic E-state index is -0.374. The molecule has 0 aliphatic rings. The zero-order chi connectivity index (χ0) is 15.4. The maximum absolute atomic E-state index is 13.9. The smallest absolute Gasteiger partial charge is 0.165 e. The lowest BCUT2D eigenvalue weighted by Gasteiger charge is -2.09. The molecule has 0 saturated heterocycles. The topological polar surface area (TPSA) is 27.1 Å². The van der Waals surface area contributed by atoms with Gasteiger partial charge < -0.3 is 4.74 Å². The molecule has 6 heteroatoms. The molecule has 21 heavy (non-hydrogen) atoms. The Labute approximate surface area is 137 Å². The number of aryl methyl sites for hydroxylation is 2. The van der Waals surface area contributed by atoms with E-state index in [1.54, 1.807) is 10.7 Å². The SMILES string of the molecule is CCc1nn(CC)c(COc2ccc(CBr)cc2F)c1Cl. The summed E-state index contributed by atoms with van der Waals surface area (Å²) in [7, 11) is 0. The van der Waals surface area contributed by atoms with Crippen molar-refractivity contribution >= 4 is 27.5 Å². The van der Waals surface area contributed by atoms with Crippen molar-refractivity contribution in [3.8, 4) is 5.75 Å². The molecule has 1 aromatic heterocycles. The van der Waals surface area contributed by atoms with Gasteiger partial charge in [-0.3, -0.25) is 4.68 Å². The molecule has 1 aromatic carbocycles. The average molecular weight is 376 g/mol. The summed E-state index contributed by atoms with van der Waals surface area (Å²) in [5, 5.41) is 5.63. The fourth-order valence-corrected chi connectivity index (χ4v) is 2.72. The van der Waals surface area contributed by atoms with Gasteiger partial charge in [0.15, 0.2) is 11.6 Å². The molecule has 0 bridgehead atoms. The van der Waals surface area contributed by atoms with Crippen molar-refractivity contribution in [3.05, 3.63) is 46.0 Å². The molecule has 2 rings (SSSR count). The second-order valence-corrected chi connectivity index (χ2v) is 5.50. The summed E-state index contributed by atoms with van der Waals surface area (Å²) in [5.41, 5.74) is 2.48. The van der Waals surface area contributed by atoms with Gasteiger partial charge in [0.25, 0.3) is 0 Å². The normalized spacial score (nSPS) is 10.9. The largest absolute Gasteiger partial charge is 0.484 e. The number of ether oxygens (including phenoxy) is 1. The van der Waals surface area contributed by atoms with Gasteiger partial charge in [-0.1, -0.05) is 40.5 Å². The maximum Gasteiger partial charge on any atom is 0.165 e. The number of alkyl halides is 1. The Bertz CT molecular complexity index is 630. The van der Waals surface area contributed by atoms with E-state index < -0.39 is 0 Å². The minimum Gasteiger partial charge on any atom is -0.484 e.